The van der Waals surface area contributed by atoms with Crippen LogP contribution in [0.5, 0.6) is 11.5 Å². The molecule has 6 heteroatoms. The minimum Gasteiger partial charge on any atom is -0.497 e. The van der Waals surface area contributed by atoms with Crippen LogP contribution in [0.1, 0.15) is 25.7 Å². The molecule has 1 aliphatic carbocycles. The monoisotopic (exact) mass is 348 g/mol. The highest BCUT2D eigenvalue weighted by Crippen LogP contribution is 2.25. The maximum atomic E-state index is 12.3. The first-order chi connectivity index (χ1) is 12.2. The van der Waals surface area contributed by atoms with Crippen LogP contribution in [0.2, 0.25) is 0 Å². The van der Waals surface area contributed by atoms with Gasteiger partial charge in [-0.25, -0.2) is 0 Å². The molecule has 1 heterocycles. The lowest BCUT2D eigenvalue weighted by atomic mass is 10.1. The van der Waals surface area contributed by atoms with Gasteiger partial charge in [-0.05, 0) is 43.5 Å². The standard InChI is InChI=1S/C19H28N2O4/c1-24-15-5-7-16(8-6-15)25-14-9-19(23)21-12-10-20(11-13-21)17-3-2-4-18(17)22/h5-8,17-18,22H,2-4,9-14H2,1H3. The number of hydrogen-bond acceptors (Lipinski definition) is 5. The number of aliphatic hydroxyl groups excluding tert-OH is 1. The summed E-state index contributed by atoms with van der Waals surface area (Å²) < 4.78 is 10.7. The third-order valence-corrected chi connectivity index (χ3v) is 5.22. The second-order valence-corrected chi connectivity index (χ2v) is 6.76. The van der Waals surface area contributed by atoms with E-state index in [2.05, 4.69) is 4.90 Å². The maximum Gasteiger partial charge on any atom is 0.226 e. The lowest BCUT2D eigenvalue weighted by Crippen LogP contribution is -2.53. The Morgan fingerprint density at radius 3 is 2.40 bits per heavy atom. The van der Waals surface area contributed by atoms with E-state index in [1.807, 2.05) is 29.2 Å². The van der Waals surface area contributed by atoms with Crippen LogP contribution in [-0.2, 0) is 4.79 Å². The average molecular weight is 348 g/mol. The number of rotatable bonds is 6. The predicted molar refractivity (Wildman–Crippen MR) is 94.9 cm³/mol. The van der Waals surface area contributed by atoms with Gasteiger partial charge >= 0.3 is 0 Å². The number of methoxy groups -OCH3 is 1. The Labute approximate surface area is 149 Å². The van der Waals surface area contributed by atoms with E-state index in [-0.39, 0.29) is 18.1 Å². The molecule has 0 bridgehead atoms. The number of carbonyl (C=O) groups excluding carboxylic acids is 1. The van der Waals surface area contributed by atoms with E-state index in [0.717, 1.165) is 56.9 Å². The zero-order valence-electron chi connectivity index (χ0n) is 14.9. The zero-order valence-corrected chi connectivity index (χ0v) is 14.9. The first kappa shape index (κ1) is 18.0. The second-order valence-electron chi connectivity index (χ2n) is 6.76. The Bertz CT molecular complexity index is 555. The molecule has 2 aliphatic rings. The molecule has 1 amide bonds. The van der Waals surface area contributed by atoms with Gasteiger partial charge in [-0.3, -0.25) is 9.69 Å². The van der Waals surface area contributed by atoms with Crippen molar-refractivity contribution in [1.82, 2.24) is 9.80 Å². The van der Waals surface area contributed by atoms with Gasteiger partial charge < -0.3 is 19.5 Å². The van der Waals surface area contributed by atoms with Crippen LogP contribution >= 0.6 is 0 Å². The molecule has 1 saturated heterocycles. The van der Waals surface area contributed by atoms with Crippen LogP contribution in [-0.4, -0.2) is 72.9 Å². The van der Waals surface area contributed by atoms with Gasteiger partial charge in [0.15, 0.2) is 0 Å². The molecule has 1 aromatic rings. The molecule has 25 heavy (non-hydrogen) atoms. The SMILES string of the molecule is COc1ccc(OCCC(=O)N2CCN(C3CCCC3O)CC2)cc1. The van der Waals surface area contributed by atoms with Crippen LogP contribution in [0.3, 0.4) is 0 Å². The molecule has 1 aromatic carbocycles. The van der Waals surface area contributed by atoms with Gasteiger partial charge in [0.25, 0.3) is 0 Å². The molecule has 0 aromatic heterocycles. The van der Waals surface area contributed by atoms with Crippen LogP contribution < -0.4 is 9.47 Å². The van der Waals surface area contributed by atoms with Gasteiger partial charge in [0.1, 0.15) is 11.5 Å². The molecule has 6 nitrogen and oxygen atoms in total. The van der Waals surface area contributed by atoms with Crippen molar-refractivity contribution in [3.05, 3.63) is 24.3 Å². The van der Waals surface area contributed by atoms with E-state index in [1.54, 1.807) is 7.11 Å². The van der Waals surface area contributed by atoms with E-state index >= 15 is 0 Å². The van der Waals surface area contributed by atoms with Gasteiger partial charge in [0, 0.05) is 32.2 Å². The summed E-state index contributed by atoms with van der Waals surface area (Å²) in [6.45, 7) is 3.57. The molecule has 2 unspecified atom stereocenters. The summed E-state index contributed by atoms with van der Waals surface area (Å²) in [6, 6.07) is 7.65. The quantitative estimate of drug-likeness (QED) is 0.845. The van der Waals surface area contributed by atoms with Crippen LogP contribution in [0.25, 0.3) is 0 Å². The van der Waals surface area contributed by atoms with Gasteiger partial charge in [-0.2, -0.15) is 0 Å². The van der Waals surface area contributed by atoms with Gasteiger partial charge in [-0.15, -0.1) is 0 Å². The molecule has 0 radical (unpaired) electrons. The van der Waals surface area contributed by atoms with Gasteiger partial charge in [0.2, 0.25) is 5.91 Å². The van der Waals surface area contributed by atoms with Gasteiger partial charge in [-0.1, -0.05) is 0 Å². The highest BCUT2D eigenvalue weighted by atomic mass is 16.5. The zero-order chi connectivity index (χ0) is 17.6. The van der Waals surface area contributed by atoms with E-state index in [0.29, 0.717) is 13.0 Å². The molecule has 3 rings (SSSR count). The fraction of sp³-hybridized carbons (Fsp3) is 0.632. The lowest BCUT2D eigenvalue weighted by Gasteiger charge is -2.39. The Hall–Kier alpha value is -1.79. The van der Waals surface area contributed by atoms with Gasteiger partial charge in [0.05, 0.1) is 26.2 Å². The number of benzene rings is 1. The predicted octanol–water partition coefficient (Wildman–Crippen LogP) is 1.52. The highest BCUT2D eigenvalue weighted by Gasteiger charge is 2.33. The number of aliphatic hydroxyl groups is 1. The van der Waals surface area contributed by atoms with Crippen molar-refractivity contribution in [2.24, 2.45) is 0 Å². The topological polar surface area (TPSA) is 62.2 Å². The fourth-order valence-corrected chi connectivity index (χ4v) is 3.74. The molecular formula is C19H28N2O4. The van der Waals surface area contributed by atoms with Crippen molar-refractivity contribution in [2.75, 3.05) is 39.9 Å². The summed E-state index contributed by atoms with van der Waals surface area (Å²) in [6.07, 6.45) is 3.28. The van der Waals surface area contributed by atoms with E-state index in [9.17, 15) is 9.90 Å². The van der Waals surface area contributed by atoms with Crippen molar-refractivity contribution in [3.63, 3.8) is 0 Å². The van der Waals surface area contributed by atoms with E-state index in [4.69, 9.17) is 9.47 Å². The summed E-state index contributed by atoms with van der Waals surface area (Å²) in [4.78, 5) is 16.6. The first-order valence-corrected chi connectivity index (χ1v) is 9.14. The number of nitrogens with zero attached hydrogens (tertiary/aromatic N) is 2. The summed E-state index contributed by atoms with van der Waals surface area (Å²) in [5.41, 5.74) is 0. The summed E-state index contributed by atoms with van der Waals surface area (Å²) >= 11 is 0. The van der Waals surface area contributed by atoms with Crippen molar-refractivity contribution < 1.29 is 19.4 Å². The maximum absolute atomic E-state index is 12.3. The second kappa shape index (κ2) is 8.54. The largest absolute Gasteiger partial charge is 0.497 e. The molecule has 2 atom stereocenters. The van der Waals surface area contributed by atoms with E-state index < -0.39 is 0 Å². The third kappa shape index (κ3) is 4.64. The number of amides is 1. The lowest BCUT2D eigenvalue weighted by molar-refractivity contribution is -0.134. The average Bonchev–Trinajstić information content (AvgIpc) is 3.08. The highest BCUT2D eigenvalue weighted by molar-refractivity contribution is 5.76. The third-order valence-electron chi connectivity index (χ3n) is 5.22. The van der Waals surface area contributed by atoms with Crippen molar-refractivity contribution in [2.45, 2.75) is 37.8 Å². The van der Waals surface area contributed by atoms with Crippen molar-refractivity contribution in [3.8, 4) is 11.5 Å². The van der Waals surface area contributed by atoms with Crippen molar-refractivity contribution >= 4 is 5.91 Å². The molecule has 1 N–H and O–H groups in total. The molecule has 0 spiro atoms. The molecular weight excluding hydrogens is 320 g/mol. The normalized spacial score (nSPS) is 24.3. The van der Waals surface area contributed by atoms with Crippen LogP contribution in [0, 0.1) is 0 Å². The Morgan fingerprint density at radius 2 is 1.80 bits per heavy atom. The van der Waals surface area contributed by atoms with Crippen LogP contribution in [0.15, 0.2) is 24.3 Å². The van der Waals surface area contributed by atoms with Crippen LogP contribution in [0.4, 0.5) is 0 Å². The smallest absolute Gasteiger partial charge is 0.226 e. The first-order valence-electron chi connectivity index (χ1n) is 9.14. The van der Waals surface area contributed by atoms with E-state index in [1.165, 1.54) is 0 Å². The number of carbonyl (C=O) groups is 1. The summed E-state index contributed by atoms with van der Waals surface area (Å²) in [7, 11) is 1.63. The molecule has 1 saturated carbocycles. The number of hydrogen-bond donors (Lipinski definition) is 1. The summed E-state index contributed by atoms with van der Waals surface area (Å²) in [5, 5.41) is 10.0. The minimum absolute atomic E-state index is 0.139. The Kier molecular flexibility index (Phi) is 6.15. The Morgan fingerprint density at radius 1 is 1.12 bits per heavy atom. The molecule has 1 aliphatic heterocycles. The minimum atomic E-state index is -0.194. The molecule has 138 valence electrons. The summed E-state index contributed by atoms with van der Waals surface area (Å²) in [5.74, 6) is 1.67. The Balaban J connectivity index is 1.37. The number of piperazine rings is 1. The molecule has 2 fully saturated rings. The number of ether oxygens (including phenoxy) is 2. The fourth-order valence-electron chi connectivity index (χ4n) is 3.74. The van der Waals surface area contributed by atoms with Crippen molar-refractivity contribution in [1.29, 1.82) is 0 Å².